The van der Waals surface area contributed by atoms with Gasteiger partial charge in [0.25, 0.3) is 0 Å². The third-order valence-electron chi connectivity index (χ3n) is 2.96. The van der Waals surface area contributed by atoms with Crippen LogP contribution in [0.5, 0.6) is 0 Å². The van der Waals surface area contributed by atoms with E-state index in [2.05, 4.69) is 0 Å². The average Bonchev–Trinajstić information content (AvgIpc) is 2.28. The number of allylic oxidation sites excluding steroid dienone is 1. The van der Waals surface area contributed by atoms with Crippen LogP contribution in [0.1, 0.15) is 23.6 Å². The number of hydrogen-bond donors (Lipinski definition) is 1. The molecule has 2 rings (SSSR count). The monoisotopic (exact) mass is 249 g/mol. The standard InChI is InChI=1S/C13H12FNO3/c1-8-6-9(14)2-3-11(8)12-7-10(16)4-5-15(12)13(17)18/h2-6,12H,7H2,1H3,(H,17,18)/t12-/m1/s1. The van der Waals surface area contributed by atoms with Gasteiger partial charge < -0.3 is 5.11 Å². The van der Waals surface area contributed by atoms with Crippen LogP contribution in [0, 0.1) is 12.7 Å². The van der Waals surface area contributed by atoms with E-state index in [1.54, 1.807) is 6.92 Å². The molecular formula is C13H12FNO3. The third kappa shape index (κ3) is 2.25. The number of aryl methyl sites for hydroxylation is 1. The number of benzene rings is 1. The predicted octanol–water partition coefficient (Wildman–Crippen LogP) is 2.64. The normalized spacial score (nSPS) is 19.1. The van der Waals surface area contributed by atoms with Crippen LogP contribution in [0.2, 0.25) is 0 Å². The fourth-order valence-electron chi connectivity index (χ4n) is 2.09. The summed E-state index contributed by atoms with van der Waals surface area (Å²) in [6.07, 6.45) is 1.44. The molecule has 0 radical (unpaired) electrons. The second-order valence-electron chi connectivity index (χ2n) is 4.19. The molecule has 1 N–H and O–H groups in total. The zero-order valence-corrected chi connectivity index (χ0v) is 9.76. The van der Waals surface area contributed by atoms with Gasteiger partial charge in [-0.2, -0.15) is 0 Å². The Bertz CT molecular complexity index is 539. The number of hydrogen-bond acceptors (Lipinski definition) is 2. The molecule has 94 valence electrons. The lowest BCUT2D eigenvalue weighted by Gasteiger charge is -2.29. The molecule has 0 unspecified atom stereocenters. The molecule has 1 amide bonds. The summed E-state index contributed by atoms with van der Waals surface area (Å²) in [7, 11) is 0. The van der Waals surface area contributed by atoms with E-state index in [9.17, 15) is 14.0 Å². The van der Waals surface area contributed by atoms with Crippen LogP contribution in [-0.2, 0) is 4.79 Å². The van der Waals surface area contributed by atoms with E-state index in [0.717, 1.165) is 4.90 Å². The molecule has 1 aromatic rings. The van der Waals surface area contributed by atoms with Crippen molar-refractivity contribution in [3.8, 4) is 0 Å². The van der Waals surface area contributed by atoms with Crippen LogP contribution < -0.4 is 0 Å². The summed E-state index contributed by atoms with van der Waals surface area (Å²) in [5, 5.41) is 9.09. The van der Waals surface area contributed by atoms with Crippen LogP contribution in [0.3, 0.4) is 0 Å². The zero-order chi connectivity index (χ0) is 13.3. The smallest absolute Gasteiger partial charge is 0.411 e. The van der Waals surface area contributed by atoms with Crippen molar-refractivity contribution in [2.24, 2.45) is 0 Å². The number of amides is 1. The SMILES string of the molecule is Cc1cc(F)ccc1[C@H]1CC(=O)C=CN1C(=O)O. The number of carbonyl (C=O) groups is 2. The highest BCUT2D eigenvalue weighted by atomic mass is 19.1. The van der Waals surface area contributed by atoms with E-state index in [4.69, 9.17) is 5.11 Å². The molecule has 0 bridgehead atoms. The quantitative estimate of drug-likeness (QED) is 0.832. The van der Waals surface area contributed by atoms with Gasteiger partial charge in [0.05, 0.1) is 6.04 Å². The van der Waals surface area contributed by atoms with Gasteiger partial charge in [-0.25, -0.2) is 9.18 Å². The van der Waals surface area contributed by atoms with Gasteiger partial charge in [0.15, 0.2) is 5.78 Å². The molecule has 1 aliphatic rings. The van der Waals surface area contributed by atoms with Gasteiger partial charge in [-0.1, -0.05) is 6.07 Å². The first-order valence-electron chi connectivity index (χ1n) is 5.47. The summed E-state index contributed by atoms with van der Waals surface area (Å²) in [6.45, 7) is 1.70. The van der Waals surface area contributed by atoms with E-state index >= 15 is 0 Å². The third-order valence-corrected chi connectivity index (χ3v) is 2.96. The molecule has 1 atom stereocenters. The minimum Gasteiger partial charge on any atom is -0.465 e. The summed E-state index contributed by atoms with van der Waals surface area (Å²) in [5.41, 5.74) is 1.28. The van der Waals surface area contributed by atoms with Gasteiger partial charge in [0.1, 0.15) is 5.82 Å². The minimum atomic E-state index is -1.13. The van der Waals surface area contributed by atoms with Crippen molar-refractivity contribution in [2.75, 3.05) is 0 Å². The first-order chi connectivity index (χ1) is 8.49. The Morgan fingerprint density at radius 1 is 1.50 bits per heavy atom. The Morgan fingerprint density at radius 2 is 2.22 bits per heavy atom. The summed E-state index contributed by atoms with van der Waals surface area (Å²) in [5.74, 6) is -0.517. The molecular weight excluding hydrogens is 237 g/mol. The van der Waals surface area contributed by atoms with E-state index in [0.29, 0.717) is 11.1 Å². The van der Waals surface area contributed by atoms with E-state index < -0.39 is 12.1 Å². The highest BCUT2D eigenvalue weighted by Crippen LogP contribution is 2.30. The molecule has 4 nitrogen and oxygen atoms in total. The van der Waals surface area contributed by atoms with Crippen LogP contribution in [0.25, 0.3) is 0 Å². The molecule has 0 aliphatic carbocycles. The first kappa shape index (κ1) is 12.3. The Balaban J connectivity index is 2.43. The van der Waals surface area contributed by atoms with Gasteiger partial charge in [-0.15, -0.1) is 0 Å². The fourth-order valence-corrected chi connectivity index (χ4v) is 2.09. The molecule has 0 saturated carbocycles. The van der Waals surface area contributed by atoms with Crippen LogP contribution in [0.15, 0.2) is 30.5 Å². The summed E-state index contributed by atoms with van der Waals surface area (Å²) in [4.78, 5) is 23.6. The predicted molar refractivity (Wildman–Crippen MR) is 62.5 cm³/mol. The summed E-state index contributed by atoms with van der Waals surface area (Å²) < 4.78 is 13.0. The number of carboxylic acid groups (broad SMARTS) is 1. The molecule has 1 heterocycles. The maximum absolute atomic E-state index is 13.0. The van der Waals surface area contributed by atoms with Crippen molar-refractivity contribution in [3.63, 3.8) is 0 Å². The number of rotatable bonds is 1. The van der Waals surface area contributed by atoms with Crippen molar-refractivity contribution < 1.29 is 19.1 Å². The molecule has 0 spiro atoms. The Labute approximate surface area is 103 Å². The number of carbonyl (C=O) groups excluding carboxylic acids is 1. The number of halogens is 1. The maximum atomic E-state index is 13.0. The molecule has 5 heteroatoms. The zero-order valence-electron chi connectivity index (χ0n) is 9.76. The lowest BCUT2D eigenvalue weighted by Crippen LogP contribution is -2.33. The first-order valence-corrected chi connectivity index (χ1v) is 5.47. The lowest BCUT2D eigenvalue weighted by molar-refractivity contribution is -0.116. The second kappa shape index (κ2) is 4.60. The van der Waals surface area contributed by atoms with Crippen molar-refractivity contribution in [1.82, 2.24) is 4.90 Å². The van der Waals surface area contributed by atoms with E-state index in [1.165, 1.54) is 30.5 Å². The van der Waals surface area contributed by atoms with E-state index in [-0.39, 0.29) is 18.0 Å². The fraction of sp³-hybridized carbons (Fsp3) is 0.231. The highest BCUT2D eigenvalue weighted by molar-refractivity contribution is 5.92. The van der Waals surface area contributed by atoms with Gasteiger partial charge in [-0.3, -0.25) is 9.69 Å². The lowest BCUT2D eigenvalue weighted by atomic mass is 9.94. The summed E-state index contributed by atoms with van der Waals surface area (Å²) >= 11 is 0. The van der Waals surface area contributed by atoms with Gasteiger partial charge >= 0.3 is 6.09 Å². The highest BCUT2D eigenvalue weighted by Gasteiger charge is 2.29. The molecule has 0 saturated heterocycles. The van der Waals surface area contributed by atoms with Crippen molar-refractivity contribution in [2.45, 2.75) is 19.4 Å². The van der Waals surface area contributed by atoms with Crippen molar-refractivity contribution >= 4 is 11.9 Å². The average molecular weight is 249 g/mol. The topological polar surface area (TPSA) is 57.6 Å². The number of ketones is 1. The van der Waals surface area contributed by atoms with Crippen LogP contribution in [-0.4, -0.2) is 21.9 Å². The van der Waals surface area contributed by atoms with Crippen LogP contribution >= 0.6 is 0 Å². The molecule has 0 fully saturated rings. The molecule has 1 aromatic carbocycles. The number of nitrogens with zero attached hydrogens (tertiary/aromatic N) is 1. The van der Waals surface area contributed by atoms with Gasteiger partial charge in [-0.05, 0) is 36.3 Å². The largest absolute Gasteiger partial charge is 0.465 e. The summed E-state index contributed by atoms with van der Waals surface area (Å²) in [6, 6.07) is 3.54. The Morgan fingerprint density at radius 3 is 2.83 bits per heavy atom. The Kier molecular flexibility index (Phi) is 3.14. The van der Waals surface area contributed by atoms with Crippen molar-refractivity contribution in [3.05, 3.63) is 47.4 Å². The second-order valence-corrected chi connectivity index (χ2v) is 4.19. The molecule has 18 heavy (non-hydrogen) atoms. The Hall–Kier alpha value is -2.17. The van der Waals surface area contributed by atoms with Gasteiger partial charge in [0.2, 0.25) is 0 Å². The van der Waals surface area contributed by atoms with Crippen molar-refractivity contribution in [1.29, 1.82) is 0 Å². The molecule has 1 aliphatic heterocycles. The van der Waals surface area contributed by atoms with E-state index in [1.807, 2.05) is 0 Å². The van der Waals surface area contributed by atoms with Crippen LogP contribution in [0.4, 0.5) is 9.18 Å². The maximum Gasteiger partial charge on any atom is 0.411 e. The minimum absolute atomic E-state index is 0.0786. The molecule has 0 aromatic heterocycles. The van der Waals surface area contributed by atoms with Gasteiger partial charge in [0, 0.05) is 12.6 Å².